The van der Waals surface area contributed by atoms with E-state index in [4.69, 9.17) is 0 Å². The highest BCUT2D eigenvalue weighted by atomic mass is 32.2. The van der Waals surface area contributed by atoms with Gasteiger partial charge in [-0.2, -0.15) is 0 Å². The minimum atomic E-state index is -3.50. The third-order valence-corrected chi connectivity index (χ3v) is 16.3. The van der Waals surface area contributed by atoms with Gasteiger partial charge < -0.3 is 4.90 Å². The number of fused-ring (bicyclic) bond motifs is 3. The Morgan fingerprint density at radius 3 is 2.00 bits per heavy atom. The first-order chi connectivity index (χ1) is 24.8. The third kappa shape index (κ3) is 9.46. The lowest BCUT2D eigenvalue weighted by molar-refractivity contribution is -0.146. The number of amides is 1. The Kier molecular flexibility index (Phi) is 12.9. The van der Waals surface area contributed by atoms with Crippen molar-refractivity contribution in [1.29, 1.82) is 0 Å². The molecule has 3 saturated heterocycles. The molecule has 0 radical (unpaired) electrons. The van der Waals surface area contributed by atoms with Gasteiger partial charge in [0.25, 0.3) is 0 Å². The zero-order chi connectivity index (χ0) is 37.1. The van der Waals surface area contributed by atoms with Gasteiger partial charge in [-0.15, -0.1) is 0 Å². The Balaban J connectivity index is 1.19. The van der Waals surface area contributed by atoms with Gasteiger partial charge in [0.2, 0.25) is 21.7 Å². The van der Waals surface area contributed by atoms with Crippen molar-refractivity contribution >= 4 is 39.1 Å². The van der Waals surface area contributed by atoms with Gasteiger partial charge in [0, 0.05) is 57.2 Å². The molecule has 5 atom stereocenters. The summed E-state index contributed by atoms with van der Waals surface area (Å²) in [5.41, 5.74) is -0.680. The van der Waals surface area contributed by atoms with Crippen molar-refractivity contribution in [1.82, 2.24) is 9.21 Å². The fourth-order valence-corrected chi connectivity index (χ4v) is 12.9. The lowest BCUT2D eigenvalue weighted by Gasteiger charge is -2.39. The molecule has 1 amide bonds. The Morgan fingerprint density at radius 1 is 0.750 bits per heavy atom. The molecule has 3 aliphatic carbocycles. The first-order valence-electron chi connectivity index (χ1n) is 21.2. The molecule has 3 saturated carbocycles. The molecule has 10 heteroatoms. The minimum Gasteiger partial charge on any atom is -0.332 e. The number of nitrogens with zero attached hydrogens (tertiary/aromatic N) is 2. The largest absolute Gasteiger partial charge is 0.332 e. The van der Waals surface area contributed by atoms with Crippen LogP contribution in [0.4, 0.5) is 0 Å². The molecule has 292 valence electrons. The van der Waals surface area contributed by atoms with E-state index in [1.165, 1.54) is 0 Å². The number of sulfonamides is 1. The van der Waals surface area contributed by atoms with E-state index in [1.54, 1.807) is 9.21 Å². The molecular formula is C42H66N2O7S. The van der Waals surface area contributed by atoms with E-state index in [0.717, 1.165) is 96.3 Å². The quantitative estimate of drug-likeness (QED) is 0.204. The zero-order valence-electron chi connectivity index (χ0n) is 32.2. The van der Waals surface area contributed by atoms with Crippen LogP contribution in [0.3, 0.4) is 0 Å². The van der Waals surface area contributed by atoms with E-state index in [0.29, 0.717) is 51.2 Å². The summed E-state index contributed by atoms with van der Waals surface area (Å²) >= 11 is 0. The molecule has 0 bridgehead atoms. The summed E-state index contributed by atoms with van der Waals surface area (Å²) in [5.74, 6) is -1.65. The van der Waals surface area contributed by atoms with Crippen LogP contribution in [0.2, 0.25) is 0 Å². The molecule has 0 unspecified atom stereocenters. The first-order valence-corrected chi connectivity index (χ1v) is 22.8. The van der Waals surface area contributed by atoms with Crippen molar-refractivity contribution in [3.05, 3.63) is 0 Å². The molecule has 52 heavy (non-hydrogen) atoms. The third-order valence-electron chi connectivity index (χ3n) is 14.2. The number of carbonyl (C=O) groups excluding carboxylic acids is 5. The van der Waals surface area contributed by atoms with Crippen LogP contribution in [0.1, 0.15) is 162 Å². The van der Waals surface area contributed by atoms with Crippen LogP contribution in [0.15, 0.2) is 0 Å². The molecule has 0 spiro atoms. The van der Waals surface area contributed by atoms with E-state index < -0.39 is 39.1 Å². The molecule has 9 nitrogen and oxygen atoms in total. The van der Waals surface area contributed by atoms with E-state index in [-0.39, 0.29) is 71.9 Å². The molecule has 0 aromatic rings. The number of Topliss-reactive ketones (excluding diaryl/α,β-unsaturated/α-hetero) is 4. The number of rotatable bonds is 11. The zero-order valence-corrected chi connectivity index (χ0v) is 33.0. The van der Waals surface area contributed by atoms with Crippen LogP contribution in [0, 0.1) is 40.4 Å². The van der Waals surface area contributed by atoms with Gasteiger partial charge in [0.1, 0.15) is 5.78 Å². The lowest BCUT2D eigenvalue weighted by Crippen LogP contribution is -2.49. The number of carbonyl (C=O) groups is 5. The van der Waals surface area contributed by atoms with Crippen LogP contribution in [0.25, 0.3) is 0 Å². The second-order valence-corrected chi connectivity index (χ2v) is 20.6. The molecule has 3 heterocycles. The highest BCUT2D eigenvalue weighted by Gasteiger charge is 2.69. The van der Waals surface area contributed by atoms with Crippen LogP contribution in [-0.2, 0) is 34.0 Å². The van der Waals surface area contributed by atoms with E-state index >= 15 is 0 Å². The summed E-state index contributed by atoms with van der Waals surface area (Å²) in [5, 5.41) is 0. The van der Waals surface area contributed by atoms with E-state index in [2.05, 4.69) is 13.8 Å². The molecule has 6 aliphatic rings. The summed E-state index contributed by atoms with van der Waals surface area (Å²) in [6.45, 7) is 5.91. The molecular weight excluding hydrogens is 677 g/mol. The number of piperidine rings is 2. The summed E-state index contributed by atoms with van der Waals surface area (Å²) in [6, 6.07) is -0.633. The van der Waals surface area contributed by atoms with Crippen LogP contribution < -0.4 is 0 Å². The summed E-state index contributed by atoms with van der Waals surface area (Å²) in [7, 11) is -3.50. The van der Waals surface area contributed by atoms with Gasteiger partial charge >= 0.3 is 0 Å². The Bertz CT molecular complexity index is 1440. The lowest BCUT2D eigenvalue weighted by atomic mass is 9.71. The number of hydrogen-bond acceptors (Lipinski definition) is 7. The van der Waals surface area contributed by atoms with Gasteiger partial charge in [0.05, 0.1) is 11.8 Å². The molecule has 3 aliphatic heterocycles. The number of hydrogen-bond donors (Lipinski definition) is 0. The fraction of sp³-hybridized carbons (Fsp3) is 0.881. The van der Waals surface area contributed by atoms with Crippen molar-refractivity contribution in [2.45, 2.75) is 168 Å². The van der Waals surface area contributed by atoms with E-state index in [9.17, 15) is 32.4 Å². The first kappa shape index (κ1) is 39.7. The average Bonchev–Trinajstić information content (AvgIpc) is 3.96. The highest BCUT2D eigenvalue weighted by Crippen LogP contribution is 2.65. The van der Waals surface area contributed by atoms with Crippen molar-refractivity contribution in [3.63, 3.8) is 0 Å². The smallest absolute Gasteiger partial charge is 0.226 e. The van der Waals surface area contributed by atoms with Crippen molar-refractivity contribution in [2.75, 3.05) is 25.4 Å². The van der Waals surface area contributed by atoms with Crippen molar-refractivity contribution in [2.24, 2.45) is 40.4 Å². The molecule has 0 aromatic carbocycles. The molecule has 6 rings (SSSR count). The van der Waals surface area contributed by atoms with Gasteiger partial charge in [-0.3, -0.25) is 24.0 Å². The summed E-state index contributed by atoms with van der Waals surface area (Å²) < 4.78 is 29.0. The fourth-order valence-electron chi connectivity index (χ4n) is 10.8. The standard InChI is InChI=1S/C42H66N2O7S/c1-41(2)34-28-44-38(37(34)41)35(46)26-31(39(48)36(47)24-30-18-19-30)16-10-6-4-3-5-7-11-17-32(40(44)49)25-33(45)27-42(20-12-8-13-21-42)29-52(50,51)43-22-14-9-15-23-43/h30-32,34,37-38H,3-29H2,1-2H3/t31-,32-,34+,37+,38-/m1/s1. The summed E-state index contributed by atoms with van der Waals surface area (Å²) in [4.78, 5) is 71.4. The van der Waals surface area contributed by atoms with Crippen LogP contribution in [0.5, 0.6) is 0 Å². The predicted molar refractivity (Wildman–Crippen MR) is 201 cm³/mol. The SMILES string of the molecule is CC1(C)[C@@H]2[C@H]3C(=O)C[C@H](C(=O)C(=O)CC4CC4)CCCCCCCCC[C@H](CC(=O)CC4(CS(=O)(=O)N5CCCCC5)CCCCC4)C(=O)N3C[C@@H]21. The average molecular weight is 743 g/mol. The Hall–Kier alpha value is -1.94. The minimum absolute atomic E-state index is 0.000591. The summed E-state index contributed by atoms with van der Waals surface area (Å²) in [6.07, 6.45) is 17.5. The van der Waals surface area contributed by atoms with Crippen molar-refractivity contribution in [3.8, 4) is 0 Å². The normalized spacial score (nSPS) is 32.1. The maximum Gasteiger partial charge on any atom is 0.226 e. The molecule has 0 N–H and O–H groups in total. The predicted octanol–water partition coefficient (Wildman–Crippen LogP) is 7.24. The highest BCUT2D eigenvalue weighted by molar-refractivity contribution is 7.89. The Morgan fingerprint density at radius 2 is 1.35 bits per heavy atom. The topological polar surface area (TPSA) is 126 Å². The monoisotopic (exact) mass is 742 g/mol. The Labute approximate surface area is 313 Å². The number of ketones is 4. The second kappa shape index (κ2) is 16.8. The van der Waals surface area contributed by atoms with Gasteiger partial charge in [0.15, 0.2) is 11.6 Å². The van der Waals surface area contributed by atoms with Crippen LogP contribution in [-0.4, -0.2) is 78.1 Å². The maximum atomic E-state index is 14.6. The molecule has 0 aromatic heterocycles. The second-order valence-electron chi connectivity index (χ2n) is 18.6. The van der Waals surface area contributed by atoms with Gasteiger partial charge in [-0.05, 0) is 80.0 Å². The van der Waals surface area contributed by atoms with E-state index in [1.807, 2.05) is 0 Å². The van der Waals surface area contributed by atoms with Crippen LogP contribution >= 0.6 is 0 Å². The van der Waals surface area contributed by atoms with Crippen molar-refractivity contribution < 1.29 is 32.4 Å². The van der Waals surface area contributed by atoms with Gasteiger partial charge in [-0.25, -0.2) is 12.7 Å². The maximum absolute atomic E-state index is 14.6. The van der Waals surface area contributed by atoms with Gasteiger partial charge in [-0.1, -0.05) is 84.5 Å². The molecule has 6 fully saturated rings.